The van der Waals surface area contributed by atoms with Crippen LogP contribution in [0, 0.1) is 0 Å². The van der Waals surface area contributed by atoms with Gasteiger partial charge in [0.1, 0.15) is 17.5 Å². The molecule has 3 aliphatic heterocycles. The summed E-state index contributed by atoms with van der Waals surface area (Å²) in [6.45, 7) is 7.32. The Hall–Kier alpha value is -3.99. The average Bonchev–Trinajstić information content (AvgIpc) is 3.51. The van der Waals surface area contributed by atoms with Crippen LogP contribution in [0.15, 0.2) is 60.7 Å². The Kier molecular flexibility index (Phi) is 6.58. The molecule has 0 saturated carbocycles. The highest BCUT2D eigenvalue weighted by atomic mass is 16.5. The summed E-state index contributed by atoms with van der Waals surface area (Å²) >= 11 is 0. The van der Waals surface area contributed by atoms with E-state index >= 15 is 0 Å². The molecular formula is C30H33N7O3. The highest BCUT2D eigenvalue weighted by Crippen LogP contribution is 2.28. The van der Waals surface area contributed by atoms with Crippen LogP contribution in [0.1, 0.15) is 33.7 Å². The van der Waals surface area contributed by atoms with Crippen LogP contribution in [0.4, 0.5) is 11.6 Å². The molecular weight excluding hydrogens is 506 g/mol. The third-order valence-corrected chi connectivity index (χ3v) is 8.16. The monoisotopic (exact) mass is 539 g/mol. The van der Waals surface area contributed by atoms with Gasteiger partial charge in [0, 0.05) is 44.9 Å². The van der Waals surface area contributed by atoms with Crippen molar-refractivity contribution in [1.29, 1.82) is 0 Å². The molecule has 0 unspecified atom stereocenters. The van der Waals surface area contributed by atoms with Gasteiger partial charge in [0.15, 0.2) is 0 Å². The SMILES string of the molecule is O=C(O)c1ccc2nc(CN3CCN(c4ccc5c(n4)N(Cc4ccccc4)NC5)CC3)n(C[C@@H]3CCO3)c2c1. The van der Waals surface area contributed by atoms with Gasteiger partial charge in [0.2, 0.25) is 0 Å². The van der Waals surface area contributed by atoms with E-state index < -0.39 is 5.97 Å². The molecule has 0 bridgehead atoms. The molecule has 0 amide bonds. The van der Waals surface area contributed by atoms with E-state index in [0.29, 0.717) is 13.1 Å². The summed E-state index contributed by atoms with van der Waals surface area (Å²) in [5, 5.41) is 11.7. The summed E-state index contributed by atoms with van der Waals surface area (Å²) in [4.78, 5) is 26.4. The topological polar surface area (TPSA) is 99.0 Å². The molecule has 4 aromatic rings. The minimum absolute atomic E-state index is 0.156. The maximum Gasteiger partial charge on any atom is 0.335 e. The van der Waals surface area contributed by atoms with Gasteiger partial charge in [-0.2, -0.15) is 0 Å². The second kappa shape index (κ2) is 10.5. The quantitative estimate of drug-likeness (QED) is 0.350. The van der Waals surface area contributed by atoms with Crippen molar-refractivity contribution in [1.82, 2.24) is 24.9 Å². The zero-order chi connectivity index (χ0) is 27.1. The molecule has 0 radical (unpaired) electrons. The van der Waals surface area contributed by atoms with Crippen molar-refractivity contribution in [2.75, 3.05) is 42.7 Å². The number of aromatic carboxylic acids is 1. The van der Waals surface area contributed by atoms with Gasteiger partial charge in [-0.25, -0.2) is 20.2 Å². The Balaban J connectivity index is 1.05. The average molecular weight is 540 g/mol. The third-order valence-electron chi connectivity index (χ3n) is 8.16. The first kappa shape index (κ1) is 25.0. The number of nitrogens with one attached hydrogen (secondary N) is 1. The third kappa shape index (κ3) is 4.90. The summed E-state index contributed by atoms with van der Waals surface area (Å²) in [6, 6.07) is 20.0. The normalized spacial score (nSPS) is 19.1. The number of carboxylic acids is 1. The van der Waals surface area contributed by atoms with Gasteiger partial charge in [-0.15, -0.1) is 0 Å². The Morgan fingerprint density at radius 1 is 1.00 bits per heavy atom. The molecule has 2 N–H and O–H groups in total. The first-order valence-corrected chi connectivity index (χ1v) is 14.0. The summed E-state index contributed by atoms with van der Waals surface area (Å²) < 4.78 is 7.87. The molecule has 206 valence electrons. The van der Waals surface area contributed by atoms with E-state index in [9.17, 15) is 9.90 Å². The van der Waals surface area contributed by atoms with Crippen molar-refractivity contribution < 1.29 is 14.6 Å². The Morgan fingerprint density at radius 2 is 1.82 bits per heavy atom. The van der Waals surface area contributed by atoms with Crippen LogP contribution in [0.25, 0.3) is 11.0 Å². The van der Waals surface area contributed by atoms with E-state index in [4.69, 9.17) is 14.7 Å². The Morgan fingerprint density at radius 3 is 2.58 bits per heavy atom. The molecule has 1 atom stereocenters. The number of ether oxygens (including phenoxy) is 1. The molecule has 7 rings (SSSR count). The van der Waals surface area contributed by atoms with Crippen molar-refractivity contribution >= 4 is 28.6 Å². The predicted molar refractivity (Wildman–Crippen MR) is 152 cm³/mol. The lowest BCUT2D eigenvalue weighted by atomic mass is 10.1. The first-order chi connectivity index (χ1) is 19.6. The molecule has 0 spiro atoms. The number of rotatable bonds is 8. The molecule has 2 fully saturated rings. The minimum atomic E-state index is -0.925. The number of piperazine rings is 1. The van der Waals surface area contributed by atoms with Crippen LogP contribution >= 0.6 is 0 Å². The smallest absolute Gasteiger partial charge is 0.335 e. The minimum Gasteiger partial charge on any atom is -0.478 e. The van der Waals surface area contributed by atoms with Crippen molar-refractivity contribution in [3.63, 3.8) is 0 Å². The molecule has 5 heterocycles. The number of aromatic nitrogens is 3. The summed E-state index contributed by atoms with van der Waals surface area (Å²) in [5.41, 5.74) is 7.91. The zero-order valence-electron chi connectivity index (χ0n) is 22.4. The van der Waals surface area contributed by atoms with Crippen molar-refractivity contribution in [2.45, 2.75) is 38.7 Å². The number of anilines is 2. The number of fused-ring (bicyclic) bond motifs is 2. The molecule has 10 heteroatoms. The zero-order valence-corrected chi connectivity index (χ0v) is 22.4. The van der Waals surface area contributed by atoms with Crippen LogP contribution in [0.3, 0.4) is 0 Å². The van der Waals surface area contributed by atoms with Crippen molar-refractivity contribution in [3.8, 4) is 0 Å². The number of hydrogen-bond donors (Lipinski definition) is 2. The van der Waals surface area contributed by atoms with Gasteiger partial charge < -0.3 is 19.3 Å². The van der Waals surface area contributed by atoms with Crippen molar-refractivity contribution in [3.05, 3.63) is 83.2 Å². The van der Waals surface area contributed by atoms with Gasteiger partial charge in [-0.1, -0.05) is 36.4 Å². The number of imidazole rings is 1. The first-order valence-electron chi connectivity index (χ1n) is 14.0. The predicted octanol–water partition coefficient (Wildman–Crippen LogP) is 3.27. The number of hydrogen-bond acceptors (Lipinski definition) is 8. The van der Waals surface area contributed by atoms with E-state index in [1.54, 1.807) is 12.1 Å². The number of pyridine rings is 1. The van der Waals surface area contributed by atoms with Crippen LogP contribution < -0.4 is 15.3 Å². The molecule has 2 saturated heterocycles. The standard InChI is InChI=1S/C30H33N7O3/c38-30(39)22-6-8-25-26(16-22)36(19-24-10-15-40-24)28(32-25)20-34-11-13-35(14-12-34)27-9-7-23-17-31-37(29(23)33-27)18-21-4-2-1-3-5-21/h1-9,16,24,31H,10-15,17-20H2,(H,38,39)/t24-/m0/s1. The second-order valence-corrected chi connectivity index (χ2v) is 10.8. The van der Waals surface area contributed by atoms with Crippen LogP contribution in [0.2, 0.25) is 0 Å². The fourth-order valence-corrected chi connectivity index (χ4v) is 5.76. The van der Waals surface area contributed by atoms with Gasteiger partial charge in [0.05, 0.1) is 42.3 Å². The lowest BCUT2D eigenvalue weighted by molar-refractivity contribution is -0.0592. The number of benzene rings is 2. The number of carbonyl (C=O) groups is 1. The summed E-state index contributed by atoms with van der Waals surface area (Å²) in [7, 11) is 0. The highest BCUT2D eigenvalue weighted by molar-refractivity contribution is 5.92. The summed E-state index contributed by atoms with van der Waals surface area (Å²) in [6.07, 6.45) is 1.17. The van der Waals surface area contributed by atoms with Gasteiger partial charge in [-0.3, -0.25) is 9.91 Å². The Bertz CT molecular complexity index is 1530. The molecule has 40 heavy (non-hydrogen) atoms. The lowest BCUT2D eigenvalue weighted by Gasteiger charge is -2.35. The van der Waals surface area contributed by atoms with Crippen LogP contribution in [-0.4, -0.2) is 69.4 Å². The number of carboxylic acid groups (broad SMARTS) is 1. The molecule has 2 aromatic carbocycles. The molecule has 2 aromatic heterocycles. The van der Waals surface area contributed by atoms with Gasteiger partial charge in [-0.05, 0) is 36.2 Å². The van der Waals surface area contributed by atoms with E-state index in [0.717, 1.165) is 80.8 Å². The summed E-state index contributed by atoms with van der Waals surface area (Å²) in [5.74, 6) is 2.05. The Labute approximate surface area is 232 Å². The molecule has 0 aliphatic carbocycles. The van der Waals surface area contributed by atoms with Gasteiger partial charge >= 0.3 is 5.97 Å². The van der Waals surface area contributed by atoms with Crippen LogP contribution in [-0.2, 0) is 30.9 Å². The number of hydrazine groups is 1. The second-order valence-electron chi connectivity index (χ2n) is 10.8. The highest BCUT2D eigenvalue weighted by Gasteiger charge is 2.26. The molecule has 3 aliphatic rings. The maximum absolute atomic E-state index is 11.6. The van der Waals surface area contributed by atoms with Crippen LogP contribution in [0.5, 0.6) is 0 Å². The molecule has 10 nitrogen and oxygen atoms in total. The fraction of sp³-hybridized carbons (Fsp3) is 0.367. The number of nitrogens with zero attached hydrogens (tertiary/aromatic N) is 6. The van der Waals surface area contributed by atoms with E-state index in [2.05, 4.69) is 61.2 Å². The van der Waals surface area contributed by atoms with Crippen molar-refractivity contribution in [2.24, 2.45) is 0 Å². The maximum atomic E-state index is 11.6. The van der Waals surface area contributed by atoms with E-state index in [1.165, 1.54) is 11.1 Å². The fourth-order valence-electron chi connectivity index (χ4n) is 5.76. The largest absolute Gasteiger partial charge is 0.478 e. The van der Waals surface area contributed by atoms with E-state index in [-0.39, 0.29) is 11.7 Å². The van der Waals surface area contributed by atoms with Gasteiger partial charge in [0.25, 0.3) is 0 Å². The lowest BCUT2D eigenvalue weighted by Crippen LogP contribution is -2.46. The van der Waals surface area contributed by atoms with E-state index in [1.807, 2.05) is 12.1 Å².